The minimum absolute atomic E-state index is 0.0840. The van der Waals surface area contributed by atoms with Crippen LogP contribution in [0.2, 0.25) is 0 Å². The summed E-state index contributed by atoms with van der Waals surface area (Å²) in [6.45, 7) is 1.51. The quantitative estimate of drug-likeness (QED) is 0.746. The van der Waals surface area contributed by atoms with Gasteiger partial charge in [0.15, 0.2) is 5.16 Å². The van der Waals surface area contributed by atoms with E-state index in [0.717, 1.165) is 29.4 Å². The van der Waals surface area contributed by atoms with Crippen molar-refractivity contribution >= 4 is 23.4 Å². The van der Waals surface area contributed by atoms with E-state index in [-0.39, 0.29) is 5.91 Å². The fourth-order valence-corrected chi connectivity index (χ4v) is 4.63. The average molecular weight is 364 g/mol. The normalized spacial score (nSPS) is 16.1. The molecule has 1 atom stereocenters. The van der Waals surface area contributed by atoms with Gasteiger partial charge in [-0.2, -0.15) is 0 Å². The summed E-state index contributed by atoms with van der Waals surface area (Å²) in [5.74, 6) is -0.0840. The largest absolute Gasteiger partial charge is 0.326 e. The van der Waals surface area contributed by atoms with Gasteiger partial charge in [0.1, 0.15) is 6.33 Å². The van der Waals surface area contributed by atoms with Gasteiger partial charge in [-0.1, -0.05) is 42.1 Å². The molecule has 1 aromatic heterocycles. The average Bonchev–Trinajstić information content (AvgIpc) is 3.10. The zero-order chi connectivity index (χ0) is 17.9. The number of nitrogens with zero attached hydrogens (tertiary/aromatic N) is 3. The number of carbonyl (C=O) groups is 1. The molecule has 132 valence electrons. The number of aryl methyl sites for hydroxylation is 1. The molecular formula is C20H20N4OS. The zero-order valence-electron chi connectivity index (χ0n) is 14.6. The SMILES string of the molecule is CC(=O)Nc1cccc(-n2cnnc2S[C@H]2CCCc3ccccc32)c1. The molecule has 0 fully saturated rings. The summed E-state index contributed by atoms with van der Waals surface area (Å²) < 4.78 is 1.98. The van der Waals surface area contributed by atoms with Gasteiger partial charge in [0.2, 0.25) is 5.91 Å². The molecule has 0 radical (unpaired) electrons. The number of benzene rings is 2. The van der Waals surface area contributed by atoms with Gasteiger partial charge in [0, 0.05) is 17.9 Å². The number of rotatable bonds is 4. The standard InChI is InChI=1S/C20H20N4OS/c1-14(25)22-16-8-5-9-17(12-16)24-13-21-23-20(24)26-19-11-4-7-15-6-2-3-10-18(15)19/h2-3,5-6,8-10,12-13,19H,4,7,11H2,1H3,(H,22,25)/t19-/m0/s1. The van der Waals surface area contributed by atoms with Crippen LogP contribution in [0, 0.1) is 0 Å². The van der Waals surface area contributed by atoms with Gasteiger partial charge in [-0.25, -0.2) is 0 Å². The third kappa shape index (κ3) is 3.51. The van der Waals surface area contributed by atoms with Crippen molar-refractivity contribution < 1.29 is 4.79 Å². The molecular weight excluding hydrogens is 344 g/mol. The molecule has 5 nitrogen and oxygen atoms in total. The number of amides is 1. The van der Waals surface area contributed by atoms with Crippen LogP contribution in [0.1, 0.15) is 36.1 Å². The molecule has 1 heterocycles. The van der Waals surface area contributed by atoms with Crippen molar-refractivity contribution in [2.24, 2.45) is 0 Å². The summed E-state index contributed by atoms with van der Waals surface area (Å²) in [4.78, 5) is 11.3. The van der Waals surface area contributed by atoms with Crippen molar-refractivity contribution in [2.45, 2.75) is 36.6 Å². The first-order chi connectivity index (χ1) is 12.7. The Labute approximate surface area is 156 Å². The molecule has 4 rings (SSSR count). The number of hydrogen-bond donors (Lipinski definition) is 1. The molecule has 2 aromatic carbocycles. The summed E-state index contributed by atoms with van der Waals surface area (Å²) in [5.41, 5.74) is 4.55. The van der Waals surface area contributed by atoms with E-state index in [9.17, 15) is 4.79 Å². The van der Waals surface area contributed by atoms with Crippen LogP contribution < -0.4 is 5.32 Å². The smallest absolute Gasteiger partial charge is 0.221 e. The Morgan fingerprint density at radius 3 is 3.00 bits per heavy atom. The monoisotopic (exact) mass is 364 g/mol. The molecule has 1 aliphatic rings. The summed E-state index contributed by atoms with van der Waals surface area (Å²) in [6, 6.07) is 16.4. The maximum Gasteiger partial charge on any atom is 0.221 e. The second kappa shape index (κ2) is 7.33. The van der Waals surface area contributed by atoms with Gasteiger partial charge in [0.25, 0.3) is 0 Å². The van der Waals surface area contributed by atoms with E-state index in [1.54, 1.807) is 18.1 Å². The van der Waals surface area contributed by atoms with E-state index < -0.39 is 0 Å². The second-order valence-corrected chi connectivity index (χ2v) is 7.58. The van der Waals surface area contributed by atoms with Crippen molar-refractivity contribution in [3.8, 4) is 5.69 Å². The molecule has 3 aromatic rings. The molecule has 0 saturated carbocycles. The van der Waals surface area contributed by atoms with E-state index in [0.29, 0.717) is 5.25 Å². The lowest BCUT2D eigenvalue weighted by molar-refractivity contribution is -0.114. The maximum atomic E-state index is 11.3. The van der Waals surface area contributed by atoms with Crippen LogP contribution >= 0.6 is 11.8 Å². The lowest BCUT2D eigenvalue weighted by atomic mass is 9.91. The highest BCUT2D eigenvalue weighted by molar-refractivity contribution is 7.99. The minimum atomic E-state index is -0.0840. The molecule has 6 heteroatoms. The first kappa shape index (κ1) is 16.8. The summed E-state index contributed by atoms with van der Waals surface area (Å²) in [6.07, 6.45) is 5.21. The van der Waals surface area contributed by atoms with Crippen LogP contribution in [0.4, 0.5) is 5.69 Å². The fraction of sp³-hybridized carbons (Fsp3) is 0.250. The Morgan fingerprint density at radius 1 is 1.23 bits per heavy atom. The Kier molecular flexibility index (Phi) is 4.75. The number of thioether (sulfide) groups is 1. The van der Waals surface area contributed by atoms with Crippen LogP contribution in [-0.2, 0) is 11.2 Å². The van der Waals surface area contributed by atoms with E-state index in [1.807, 2.05) is 28.8 Å². The minimum Gasteiger partial charge on any atom is -0.326 e. The number of fused-ring (bicyclic) bond motifs is 1. The Hall–Kier alpha value is -2.60. The third-order valence-corrected chi connectivity index (χ3v) is 5.79. The predicted octanol–water partition coefficient (Wildman–Crippen LogP) is 4.40. The van der Waals surface area contributed by atoms with Crippen LogP contribution in [0.5, 0.6) is 0 Å². The van der Waals surface area contributed by atoms with Gasteiger partial charge >= 0.3 is 0 Å². The molecule has 26 heavy (non-hydrogen) atoms. The number of nitrogens with one attached hydrogen (secondary N) is 1. The first-order valence-corrected chi connectivity index (χ1v) is 9.61. The maximum absolute atomic E-state index is 11.3. The molecule has 1 N–H and O–H groups in total. The van der Waals surface area contributed by atoms with Crippen LogP contribution in [-0.4, -0.2) is 20.7 Å². The van der Waals surface area contributed by atoms with Crippen molar-refractivity contribution in [1.82, 2.24) is 14.8 Å². The number of anilines is 1. The van der Waals surface area contributed by atoms with Gasteiger partial charge < -0.3 is 5.32 Å². The van der Waals surface area contributed by atoms with Gasteiger partial charge in [-0.05, 0) is 48.6 Å². The van der Waals surface area contributed by atoms with Crippen LogP contribution in [0.15, 0.2) is 60.0 Å². The zero-order valence-corrected chi connectivity index (χ0v) is 15.4. The van der Waals surface area contributed by atoms with Gasteiger partial charge in [0.05, 0.1) is 5.69 Å². The molecule has 1 amide bonds. The highest BCUT2D eigenvalue weighted by atomic mass is 32.2. The Bertz CT molecular complexity index is 937. The third-order valence-electron chi connectivity index (χ3n) is 4.52. The fourth-order valence-electron chi connectivity index (χ4n) is 3.38. The lowest BCUT2D eigenvalue weighted by Crippen LogP contribution is -2.08. The first-order valence-electron chi connectivity index (χ1n) is 8.73. The second-order valence-electron chi connectivity index (χ2n) is 6.41. The van der Waals surface area contributed by atoms with Crippen molar-refractivity contribution in [3.05, 3.63) is 66.0 Å². The summed E-state index contributed by atoms with van der Waals surface area (Å²) in [7, 11) is 0. The number of hydrogen-bond acceptors (Lipinski definition) is 4. The summed E-state index contributed by atoms with van der Waals surface area (Å²) >= 11 is 1.76. The topological polar surface area (TPSA) is 59.8 Å². The van der Waals surface area contributed by atoms with Gasteiger partial charge in [-0.15, -0.1) is 10.2 Å². The molecule has 0 aliphatic heterocycles. The predicted molar refractivity (Wildman–Crippen MR) is 104 cm³/mol. The molecule has 1 aliphatic carbocycles. The van der Waals surface area contributed by atoms with E-state index in [2.05, 4.69) is 39.8 Å². The number of carbonyl (C=O) groups excluding carboxylic acids is 1. The van der Waals surface area contributed by atoms with Crippen molar-refractivity contribution in [2.75, 3.05) is 5.32 Å². The lowest BCUT2D eigenvalue weighted by Gasteiger charge is -2.24. The molecule has 0 bridgehead atoms. The Morgan fingerprint density at radius 2 is 2.12 bits per heavy atom. The van der Waals surface area contributed by atoms with Crippen LogP contribution in [0.25, 0.3) is 5.69 Å². The molecule has 0 spiro atoms. The highest BCUT2D eigenvalue weighted by Gasteiger charge is 2.23. The molecule has 0 saturated heterocycles. The highest BCUT2D eigenvalue weighted by Crippen LogP contribution is 2.43. The van der Waals surface area contributed by atoms with Crippen LogP contribution in [0.3, 0.4) is 0 Å². The summed E-state index contributed by atoms with van der Waals surface area (Å²) in [5, 5.41) is 12.5. The van der Waals surface area contributed by atoms with E-state index >= 15 is 0 Å². The number of aromatic nitrogens is 3. The Balaban J connectivity index is 1.62. The van der Waals surface area contributed by atoms with Gasteiger partial charge in [-0.3, -0.25) is 9.36 Å². The van der Waals surface area contributed by atoms with E-state index in [4.69, 9.17) is 0 Å². The van der Waals surface area contributed by atoms with E-state index in [1.165, 1.54) is 24.5 Å². The van der Waals surface area contributed by atoms with Crippen molar-refractivity contribution in [1.29, 1.82) is 0 Å². The van der Waals surface area contributed by atoms with Crippen molar-refractivity contribution in [3.63, 3.8) is 0 Å². The molecule has 0 unspecified atom stereocenters.